The van der Waals surface area contributed by atoms with Gasteiger partial charge in [-0.2, -0.15) is 0 Å². The highest BCUT2D eigenvalue weighted by Gasteiger charge is 2.26. The number of piperidine rings is 1. The van der Waals surface area contributed by atoms with Crippen LogP contribution >= 0.6 is 0 Å². The number of methoxy groups -OCH3 is 2. The summed E-state index contributed by atoms with van der Waals surface area (Å²) in [5.41, 5.74) is 4.42. The summed E-state index contributed by atoms with van der Waals surface area (Å²) >= 11 is 0. The molecule has 0 amide bonds. The molecule has 2 heterocycles. The van der Waals surface area contributed by atoms with Gasteiger partial charge in [-0.3, -0.25) is 4.98 Å². The van der Waals surface area contributed by atoms with Gasteiger partial charge < -0.3 is 19.5 Å². The summed E-state index contributed by atoms with van der Waals surface area (Å²) in [6, 6.07) is 8.43. The summed E-state index contributed by atoms with van der Waals surface area (Å²) in [5.74, 6) is 2.19. The van der Waals surface area contributed by atoms with Gasteiger partial charge in [0.15, 0.2) is 11.5 Å². The smallest absolute Gasteiger partial charge is 0.164 e. The predicted molar refractivity (Wildman–Crippen MR) is 110 cm³/mol. The average molecular weight is 383 g/mol. The minimum Gasteiger partial charge on any atom is -0.493 e. The number of aromatic nitrogens is 1. The van der Waals surface area contributed by atoms with E-state index in [4.69, 9.17) is 14.2 Å². The van der Waals surface area contributed by atoms with Gasteiger partial charge in [0, 0.05) is 17.3 Å². The van der Waals surface area contributed by atoms with E-state index in [1.807, 2.05) is 18.3 Å². The molecule has 2 aliphatic rings. The quantitative estimate of drug-likeness (QED) is 0.774. The lowest BCUT2D eigenvalue weighted by Crippen LogP contribution is -2.32. The van der Waals surface area contributed by atoms with Gasteiger partial charge in [0.05, 0.1) is 32.6 Å². The van der Waals surface area contributed by atoms with Crippen LogP contribution in [0.5, 0.6) is 11.5 Å². The minimum atomic E-state index is 0.351. The lowest BCUT2D eigenvalue weighted by molar-refractivity contribution is 0.0212. The Labute approximate surface area is 167 Å². The monoisotopic (exact) mass is 382 g/mol. The molecule has 2 fully saturated rings. The zero-order valence-electron chi connectivity index (χ0n) is 16.9. The van der Waals surface area contributed by atoms with Crippen molar-refractivity contribution in [2.75, 3.05) is 27.3 Å². The SMILES string of the molecule is COc1cc(-c2cc(COC3CCNCC3)ccn2)cc(C2CCC2)c1OC. The second-order valence-electron chi connectivity index (χ2n) is 7.74. The van der Waals surface area contributed by atoms with Gasteiger partial charge in [-0.15, -0.1) is 0 Å². The number of nitrogens with zero attached hydrogens (tertiary/aromatic N) is 1. The fourth-order valence-corrected chi connectivity index (χ4v) is 4.06. The molecule has 0 bridgehead atoms. The van der Waals surface area contributed by atoms with Gasteiger partial charge >= 0.3 is 0 Å². The molecule has 2 aromatic rings. The Bertz CT molecular complexity index is 798. The van der Waals surface area contributed by atoms with E-state index >= 15 is 0 Å². The van der Waals surface area contributed by atoms with Crippen molar-refractivity contribution >= 4 is 0 Å². The molecule has 0 spiro atoms. The average Bonchev–Trinajstić information content (AvgIpc) is 2.71. The van der Waals surface area contributed by atoms with Crippen LogP contribution in [0.1, 0.15) is 49.1 Å². The molecular formula is C23H30N2O3. The van der Waals surface area contributed by atoms with E-state index in [1.54, 1.807) is 14.2 Å². The first-order chi connectivity index (χ1) is 13.8. The van der Waals surface area contributed by atoms with E-state index in [9.17, 15) is 0 Å². The molecule has 4 rings (SSSR count). The number of benzene rings is 1. The maximum absolute atomic E-state index is 6.12. The number of rotatable bonds is 7. The van der Waals surface area contributed by atoms with Crippen molar-refractivity contribution in [3.63, 3.8) is 0 Å². The van der Waals surface area contributed by atoms with Crippen molar-refractivity contribution in [2.24, 2.45) is 0 Å². The second-order valence-corrected chi connectivity index (χ2v) is 7.74. The predicted octanol–water partition coefficient (Wildman–Crippen LogP) is 4.30. The summed E-state index contributed by atoms with van der Waals surface area (Å²) in [6.07, 6.45) is 8.08. The maximum Gasteiger partial charge on any atom is 0.164 e. The van der Waals surface area contributed by atoms with Crippen LogP contribution in [0.3, 0.4) is 0 Å². The van der Waals surface area contributed by atoms with E-state index in [0.29, 0.717) is 18.6 Å². The van der Waals surface area contributed by atoms with Crippen LogP contribution in [-0.2, 0) is 11.3 Å². The molecule has 1 saturated heterocycles. The van der Waals surface area contributed by atoms with Crippen LogP contribution < -0.4 is 14.8 Å². The third-order valence-corrected chi connectivity index (χ3v) is 5.94. The minimum absolute atomic E-state index is 0.351. The fourth-order valence-electron chi connectivity index (χ4n) is 4.06. The van der Waals surface area contributed by atoms with Crippen LogP contribution in [0.2, 0.25) is 0 Å². The lowest BCUT2D eigenvalue weighted by Gasteiger charge is -2.28. The van der Waals surface area contributed by atoms with Gasteiger partial charge in [-0.05, 0) is 74.5 Å². The van der Waals surface area contributed by atoms with E-state index in [-0.39, 0.29) is 0 Å². The molecule has 1 aromatic heterocycles. The molecule has 28 heavy (non-hydrogen) atoms. The Hall–Kier alpha value is -2.11. The molecular weight excluding hydrogens is 352 g/mol. The number of hydrogen-bond donors (Lipinski definition) is 1. The first kappa shape index (κ1) is 19.2. The highest BCUT2D eigenvalue weighted by atomic mass is 16.5. The fraction of sp³-hybridized carbons (Fsp3) is 0.522. The Kier molecular flexibility index (Phi) is 6.13. The highest BCUT2D eigenvalue weighted by Crippen LogP contribution is 2.46. The zero-order chi connectivity index (χ0) is 19.3. The summed E-state index contributed by atoms with van der Waals surface area (Å²) in [6.45, 7) is 2.71. The molecule has 0 unspecified atom stereocenters. The Morgan fingerprint density at radius 3 is 2.54 bits per heavy atom. The number of nitrogens with one attached hydrogen (secondary N) is 1. The van der Waals surface area contributed by atoms with Gasteiger partial charge in [0.1, 0.15) is 0 Å². The molecule has 1 aromatic carbocycles. The molecule has 0 radical (unpaired) electrons. The molecule has 1 N–H and O–H groups in total. The van der Waals surface area contributed by atoms with E-state index in [0.717, 1.165) is 54.3 Å². The van der Waals surface area contributed by atoms with E-state index in [1.165, 1.54) is 24.8 Å². The molecule has 1 aliphatic carbocycles. The maximum atomic E-state index is 6.12. The number of ether oxygens (including phenoxy) is 3. The molecule has 1 saturated carbocycles. The third-order valence-electron chi connectivity index (χ3n) is 5.94. The van der Waals surface area contributed by atoms with Crippen molar-refractivity contribution in [3.8, 4) is 22.8 Å². The van der Waals surface area contributed by atoms with Gasteiger partial charge in [-0.25, -0.2) is 0 Å². The first-order valence-corrected chi connectivity index (χ1v) is 10.3. The van der Waals surface area contributed by atoms with Crippen LogP contribution in [0.25, 0.3) is 11.3 Å². The Morgan fingerprint density at radius 1 is 1.04 bits per heavy atom. The molecule has 5 heteroatoms. The van der Waals surface area contributed by atoms with Crippen molar-refractivity contribution < 1.29 is 14.2 Å². The normalized spacial score (nSPS) is 17.9. The van der Waals surface area contributed by atoms with E-state index in [2.05, 4.69) is 22.4 Å². The zero-order valence-corrected chi connectivity index (χ0v) is 16.9. The van der Waals surface area contributed by atoms with E-state index < -0.39 is 0 Å². The van der Waals surface area contributed by atoms with Crippen LogP contribution in [0.4, 0.5) is 0 Å². The van der Waals surface area contributed by atoms with Crippen LogP contribution in [0.15, 0.2) is 30.5 Å². The number of hydrogen-bond acceptors (Lipinski definition) is 5. The first-order valence-electron chi connectivity index (χ1n) is 10.3. The van der Waals surface area contributed by atoms with Gasteiger partial charge in [-0.1, -0.05) is 6.42 Å². The summed E-state index contributed by atoms with van der Waals surface area (Å²) in [4.78, 5) is 4.62. The highest BCUT2D eigenvalue weighted by molar-refractivity contribution is 5.67. The van der Waals surface area contributed by atoms with Crippen LogP contribution in [0, 0.1) is 0 Å². The summed E-state index contributed by atoms with van der Waals surface area (Å²) < 4.78 is 17.4. The molecule has 150 valence electrons. The van der Waals surface area contributed by atoms with Crippen molar-refractivity contribution in [1.29, 1.82) is 0 Å². The van der Waals surface area contributed by atoms with Crippen molar-refractivity contribution in [2.45, 2.75) is 50.7 Å². The van der Waals surface area contributed by atoms with Gasteiger partial charge in [0.2, 0.25) is 0 Å². The molecule has 1 aliphatic heterocycles. The lowest BCUT2D eigenvalue weighted by atomic mass is 9.79. The standard InChI is InChI=1S/C23H30N2O3/c1-26-22-14-18(13-20(23(22)27-2)17-4-3-5-17)21-12-16(6-11-25-21)15-28-19-7-9-24-10-8-19/h6,11-14,17,19,24H,3-5,7-10,15H2,1-2H3. The second kappa shape index (κ2) is 8.93. The topological polar surface area (TPSA) is 52.6 Å². The van der Waals surface area contributed by atoms with Crippen molar-refractivity contribution in [1.82, 2.24) is 10.3 Å². The van der Waals surface area contributed by atoms with Gasteiger partial charge in [0.25, 0.3) is 0 Å². The summed E-state index contributed by atoms with van der Waals surface area (Å²) in [7, 11) is 3.42. The molecule has 0 atom stereocenters. The Balaban J connectivity index is 1.57. The molecule has 5 nitrogen and oxygen atoms in total. The largest absolute Gasteiger partial charge is 0.493 e. The van der Waals surface area contributed by atoms with Crippen molar-refractivity contribution in [3.05, 3.63) is 41.6 Å². The Morgan fingerprint density at radius 2 is 1.86 bits per heavy atom. The summed E-state index contributed by atoms with van der Waals surface area (Å²) in [5, 5.41) is 3.38. The third kappa shape index (κ3) is 4.15. The number of pyridine rings is 1. The van der Waals surface area contributed by atoms with Crippen LogP contribution in [-0.4, -0.2) is 38.4 Å².